The maximum atomic E-state index is 12.3. The maximum absolute atomic E-state index is 12.3. The molecular formula is C18H35NO5. The van der Waals surface area contributed by atoms with Crippen LogP contribution >= 0.6 is 0 Å². The Bertz CT molecular complexity index is 388. The summed E-state index contributed by atoms with van der Waals surface area (Å²) in [5.41, 5.74) is -0.878. The SMILES string of the molecule is CCC1OC(=O)C(C)C(O)[C@H](C)C[C@@](C)(O)CCCNCCC1O. The van der Waals surface area contributed by atoms with E-state index in [1.807, 2.05) is 13.8 Å². The molecule has 4 N–H and O–H groups in total. The molecule has 1 fully saturated rings. The van der Waals surface area contributed by atoms with Crippen molar-refractivity contribution in [3.05, 3.63) is 0 Å². The molecule has 142 valence electrons. The second kappa shape index (κ2) is 9.70. The molecule has 1 heterocycles. The van der Waals surface area contributed by atoms with Gasteiger partial charge < -0.3 is 25.4 Å². The fourth-order valence-electron chi connectivity index (χ4n) is 3.39. The standard InChI is InChI=1S/C18H35NO5/c1-5-15-14(20)7-10-19-9-6-8-18(4,23)11-12(2)16(21)13(3)17(22)24-15/h12-16,19-21,23H,5-11H2,1-4H3/t12-,13?,14?,15?,16?,18+/m1/s1. The molecule has 1 saturated heterocycles. The topological polar surface area (TPSA) is 99.0 Å². The van der Waals surface area contributed by atoms with Crippen LogP contribution in [0, 0.1) is 11.8 Å². The fourth-order valence-corrected chi connectivity index (χ4v) is 3.39. The summed E-state index contributed by atoms with van der Waals surface area (Å²) < 4.78 is 5.43. The molecule has 24 heavy (non-hydrogen) atoms. The Morgan fingerprint density at radius 3 is 2.58 bits per heavy atom. The smallest absolute Gasteiger partial charge is 0.311 e. The lowest BCUT2D eigenvalue weighted by molar-refractivity contribution is -0.165. The Balaban J connectivity index is 2.86. The largest absolute Gasteiger partial charge is 0.459 e. The normalized spacial score (nSPS) is 41.1. The zero-order chi connectivity index (χ0) is 18.3. The summed E-state index contributed by atoms with van der Waals surface area (Å²) in [5, 5.41) is 34.4. The van der Waals surface area contributed by atoms with Gasteiger partial charge in [0.25, 0.3) is 0 Å². The van der Waals surface area contributed by atoms with Crippen LogP contribution in [0.1, 0.15) is 59.8 Å². The number of cyclic esters (lactones) is 1. The highest BCUT2D eigenvalue weighted by atomic mass is 16.6. The summed E-state index contributed by atoms with van der Waals surface area (Å²) in [6, 6.07) is 0. The molecule has 4 unspecified atom stereocenters. The van der Waals surface area contributed by atoms with Crippen molar-refractivity contribution >= 4 is 5.97 Å². The van der Waals surface area contributed by atoms with Gasteiger partial charge in [0.05, 0.1) is 23.7 Å². The van der Waals surface area contributed by atoms with Gasteiger partial charge in [-0.25, -0.2) is 0 Å². The van der Waals surface area contributed by atoms with Crippen LogP contribution in [0.4, 0.5) is 0 Å². The lowest BCUT2D eigenvalue weighted by Gasteiger charge is -2.31. The van der Waals surface area contributed by atoms with E-state index in [1.54, 1.807) is 13.8 Å². The molecule has 0 aromatic carbocycles. The fraction of sp³-hybridized carbons (Fsp3) is 0.944. The van der Waals surface area contributed by atoms with Crippen molar-refractivity contribution in [3.8, 4) is 0 Å². The minimum absolute atomic E-state index is 0.231. The lowest BCUT2D eigenvalue weighted by atomic mass is 9.83. The average Bonchev–Trinajstić information content (AvgIpc) is 2.52. The van der Waals surface area contributed by atoms with Gasteiger partial charge in [0.2, 0.25) is 0 Å². The summed E-state index contributed by atoms with van der Waals surface area (Å²) in [4.78, 5) is 12.3. The third kappa shape index (κ3) is 6.67. The Kier molecular flexibility index (Phi) is 8.63. The Hall–Kier alpha value is -0.690. The minimum atomic E-state index is -0.887. The summed E-state index contributed by atoms with van der Waals surface area (Å²) >= 11 is 0. The molecule has 6 nitrogen and oxygen atoms in total. The van der Waals surface area contributed by atoms with E-state index in [0.717, 1.165) is 13.0 Å². The first kappa shape index (κ1) is 21.4. The summed E-state index contributed by atoms with van der Waals surface area (Å²) in [6.45, 7) is 8.50. The summed E-state index contributed by atoms with van der Waals surface area (Å²) in [7, 11) is 0. The van der Waals surface area contributed by atoms with Crippen LogP contribution in [0.5, 0.6) is 0 Å². The summed E-state index contributed by atoms with van der Waals surface area (Å²) in [5.74, 6) is -1.42. The van der Waals surface area contributed by atoms with Crippen molar-refractivity contribution in [3.63, 3.8) is 0 Å². The van der Waals surface area contributed by atoms with Crippen LogP contribution in [0.2, 0.25) is 0 Å². The number of aliphatic hydroxyl groups excluding tert-OH is 2. The molecule has 6 atom stereocenters. The third-order valence-corrected chi connectivity index (χ3v) is 5.01. The molecular weight excluding hydrogens is 310 g/mol. The third-order valence-electron chi connectivity index (χ3n) is 5.01. The highest BCUT2D eigenvalue weighted by Crippen LogP contribution is 2.27. The van der Waals surface area contributed by atoms with Gasteiger partial charge in [0.15, 0.2) is 0 Å². The van der Waals surface area contributed by atoms with E-state index in [4.69, 9.17) is 4.74 Å². The van der Waals surface area contributed by atoms with E-state index in [1.165, 1.54) is 0 Å². The van der Waals surface area contributed by atoms with Crippen molar-refractivity contribution in [2.45, 2.75) is 83.7 Å². The van der Waals surface area contributed by atoms with Gasteiger partial charge in [0.1, 0.15) is 6.10 Å². The van der Waals surface area contributed by atoms with Crippen molar-refractivity contribution in [2.75, 3.05) is 13.1 Å². The van der Waals surface area contributed by atoms with Gasteiger partial charge >= 0.3 is 5.97 Å². The molecule has 0 radical (unpaired) electrons. The van der Waals surface area contributed by atoms with E-state index < -0.39 is 35.8 Å². The molecule has 0 bridgehead atoms. The Morgan fingerprint density at radius 1 is 1.29 bits per heavy atom. The van der Waals surface area contributed by atoms with E-state index in [2.05, 4.69) is 5.32 Å². The van der Waals surface area contributed by atoms with E-state index in [-0.39, 0.29) is 5.92 Å². The van der Waals surface area contributed by atoms with E-state index >= 15 is 0 Å². The van der Waals surface area contributed by atoms with Gasteiger partial charge in [-0.15, -0.1) is 0 Å². The number of rotatable bonds is 1. The van der Waals surface area contributed by atoms with Crippen LogP contribution in [-0.2, 0) is 9.53 Å². The number of esters is 1. The monoisotopic (exact) mass is 345 g/mol. The van der Waals surface area contributed by atoms with Crippen LogP contribution < -0.4 is 5.32 Å². The number of hydrogen-bond acceptors (Lipinski definition) is 6. The molecule has 1 rings (SSSR count). The van der Waals surface area contributed by atoms with E-state index in [9.17, 15) is 20.1 Å². The minimum Gasteiger partial charge on any atom is -0.459 e. The first-order valence-corrected chi connectivity index (χ1v) is 9.17. The molecule has 1 aliphatic rings. The van der Waals surface area contributed by atoms with Crippen LogP contribution in [0.15, 0.2) is 0 Å². The van der Waals surface area contributed by atoms with Crippen LogP contribution in [0.25, 0.3) is 0 Å². The molecule has 1 aliphatic heterocycles. The van der Waals surface area contributed by atoms with Crippen molar-refractivity contribution in [1.29, 1.82) is 0 Å². The number of ether oxygens (including phenoxy) is 1. The number of carbonyl (C=O) groups excluding carboxylic acids is 1. The van der Waals surface area contributed by atoms with Gasteiger partial charge in [-0.3, -0.25) is 4.79 Å². The highest BCUT2D eigenvalue weighted by Gasteiger charge is 2.34. The van der Waals surface area contributed by atoms with Gasteiger partial charge in [-0.1, -0.05) is 13.8 Å². The second-order valence-corrected chi connectivity index (χ2v) is 7.55. The predicted octanol–water partition coefficient (Wildman–Crippen LogP) is 1.22. The maximum Gasteiger partial charge on any atom is 0.311 e. The summed E-state index contributed by atoms with van der Waals surface area (Å²) in [6.07, 6.45) is 0.714. The molecule has 0 aliphatic carbocycles. The van der Waals surface area contributed by atoms with Crippen molar-refractivity contribution < 1.29 is 24.9 Å². The zero-order valence-electron chi connectivity index (χ0n) is 15.5. The van der Waals surface area contributed by atoms with Gasteiger partial charge in [-0.05, 0) is 65.0 Å². The van der Waals surface area contributed by atoms with Crippen LogP contribution in [-0.4, -0.2) is 58.3 Å². The van der Waals surface area contributed by atoms with Crippen molar-refractivity contribution in [1.82, 2.24) is 5.32 Å². The van der Waals surface area contributed by atoms with Crippen molar-refractivity contribution in [2.24, 2.45) is 11.8 Å². The van der Waals surface area contributed by atoms with Gasteiger partial charge in [-0.2, -0.15) is 0 Å². The molecule has 0 amide bonds. The number of aliphatic hydroxyl groups is 3. The molecule has 0 saturated carbocycles. The van der Waals surface area contributed by atoms with Gasteiger partial charge in [0, 0.05) is 0 Å². The molecule has 0 aromatic rings. The first-order valence-electron chi connectivity index (χ1n) is 9.17. The molecule has 0 aromatic heterocycles. The zero-order valence-corrected chi connectivity index (χ0v) is 15.5. The second-order valence-electron chi connectivity index (χ2n) is 7.55. The highest BCUT2D eigenvalue weighted by molar-refractivity contribution is 5.73. The Morgan fingerprint density at radius 2 is 1.96 bits per heavy atom. The predicted molar refractivity (Wildman–Crippen MR) is 92.5 cm³/mol. The lowest BCUT2D eigenvalue weighted by Crippen LogP contribution is -2.40. The van der Waals surface area contributed by atoms with E-state index in [0.29, 0.717) is 32.2 Å². The average molecular weight is 345 g/mol. The molecule has 0 spiro atoms. The number of hydrogen-bond donors (Lipinski definition) is 4. The first-order chi connectivity index (χ1) is 11.2. The molecule has 6 heteroatoms. The van der Waals surface area contributed by atoms with Crippen LogP contribution in [0.3, 0.4) is 0 Å². The quantitative estimate of drug-likeness (QED) is 0.533. The Labute approximate surface area is 145 Å². The number of nitrogens with one attached hydrogen (secondary N) is 1. The number of carbonyl (C=O) groups is 1.